The second-order valence-electron chi connectivity index (χ2n) is 9.48. The Labute approximate surface area is 161 Å². The Kier molecular flexibility index (Phi) is 4.25. The third-order valence-corrected chi connectivity index (χ3v) is 9.47. The van der Waals surface area contributed by atoms with Crippen molar-refractivity contribution < 1.29 is 27.7 Å². The maximum atomic E-state index is 11.9. The van der Waals surface area contributed by atoms with Gasteiger partial charge in [0.15, 0.2) is 21.7 Å². The lowest BCUT2D eigenvalue weighted by molar-refractivity contribution is -0.574. The molecule has 6 aliphatic rings. The molecule has 2 unspecified atom stereocenters. The highest BCUT2D eigenvalue weighted by molar-refractivity contribution is 7.91. The van der Waals surface area contributed by atoms with E-state index in [9.17, 15) is 8.42 Å². The minimum atomic E-state index is -2.92. The van der Waals surface area contributed by atoms with Gasteiger partial charge in [-0.25, -0.2) is 18.2 Å². The number of ether oxygens (including phenoxy) is 2. The summed E-state index contributed by atoms with van der Waals surface area (Å²) in [6.45, 7) is 7.51. The van der Waals surface area contributed by atoms with Gasteiger partial charge in [-0.2, -0.15) is 0 Å². The van der Waals surface area contributed by atoms with Crippen LogP contribution in [0, 0.1) is 23.7 Å². The van der Waals surface area contributed by atoms with Crippen LogP contribution in [0.4, 0.5) is 0 Å². The van der Waals surface area contributed by atoms with Gasteiger partial charge in [0, 0.05) is 31.3 Å². The normalized spacial score (nSPS) is 54.9. The zero-order chi connectivity index (χ0) is 19.0. The van der Waals surface area contributed by atoms with E-state index >= 15 is 0 Å². The molecule has 0 radical (unpaired) electrons. The number of hydrogen-bond acceptors (Lipinski definition) is 7. The monoisotopic (exact) mass is 401 g/mol. The number of nitrogens with zero attached hydrogens (tertiary/aromatic N) is 1. The zero-order valence-corrected chi connectivity index (χ0v) is 17.2. The lowest BCUT2D eigenvalue weighted by atomic mass is 9.58. The minimum absolute atomic E-state index is 0.137. The van der Waals surface area contributed by atoms with E-state index in [2.05, 4.69) is 18.7 Å². The van der Waals surface area contributed by atoms with Gasteiger partial charge in [-0.15, -0.1) is 0 Å². The molecule has 0 aromatic carbocycles. The molecular formula is C19H31NO6S. The van der Waals surface area contributed by atoms with E-state index in [4.69, 9.17) is 19.2 Å². The summed E-state index contributed by atoms with van der Waals surface area (Å²) in [6, 6.07) is 0. The molecule has 2 bridgehead atoms. The summed E-state index contributed by atoms with van der Waals surface area (Å²) < 4.78 is 36.7. The van der Waals surface area contributed by atoms with Gasteiger partial charge in [0.2, 0.25) is 5.79 Å². The standard InChI is InChI=1S/C19H31NO6S/c1-12-4-5-15-13(2)16(20-8-10-27(21,22)11-9-20)23-17-19(15)14(12)6-7-18(3,24-17)25-26-19/h12-17H,4-11H2,1-3H3/t12-,13-,14?,15?,16-,17-,18-,19-/m1/s1. The first kappa shape index (κ1) is 18.8. The van der Waals surface area contributed by atoms with E-state index in [1.165, 1.54) is 6.42 Å². The van der Waals surface area contributed by atoms with Crippen LogP contribution >= 0.6 is 0 Å². The highest BCUT2D eigenvalue weighted by atomic mass is 32.2. The van der Waals surface area contributed by atoms with Gasteiger partial charge in [0.05, 0.1) is 11.5 Å². The Hall–Kier alpha value is -0.250. The lowest BCUT2D eigenvalue weighted by Crippen LogP contribution is -2.72. The highest BCUT2D eigenvalue weighted by Crippen LogP contribution is 2.60. The van der Waals surface area contributed by atoms with Gasteiger partial charge >= 0.3 is 0 Å². The second-order valence-corrected chi connectivity index (χ2v) is 11.8. The fraction of sp³-hybridized carbons (Fsp3) is 1.00. The van der Waals surface area contributed by atoms with Crippen LogP contribution in [-0.4, -0.2) is 61.8 Å². The van der Waals surface area contributed by atoms with Crippen molar-refractivity contribution >= 4 is 9.84 Å². The van der Waals surface area contributed by atoms with E-state index in [1.54, 1.807) is 0 Å². The Morgan fingerprint density at radius 3 is 2.48 bits per heavy atom. The van der Waals surface area contributed by atoms with Crippen molar-refractivity contribution in [3.05, 3.63) is 0 Å². The van der Waals surface area contributed by atoms with Gasteiger partial charge in [0.1, 0.15) is 6.23 Å². The second kappa shape index (κ2) is 6.12. The maximum Gasteiger partial charge on any atom is 0.201 e. The first-order chi connectivity index (χ1) is 12.7. The quantitative estimate of drug-likeness (QED) is 0.622. The summed E-state index contributed by atoms with van der Waals surface area (Å²) in [5.41, 5.74) is -0.550. The molecule has 0 aromatic heterocycles. The molecule has 154 valence electrons. The van der Waals surface area contributed by atoms with E-state index in [0.717, 1.165) is 19.3 Å². The fourth-order valence-corrected chi connectivity index (χ4v) is 7.51. The van der Waals surface area contributed by atoms with E-state index in [1.807, 2.05) is 6.92 Å². The van der Waals surface area contributed by atoms with Crippen molar-refractivity contribution in [2.24, 2.45) is 23.7 Å². The maximum absolute atomic E-state index is 11.9. The molecule has 0 N–H and O–H groups in total. The molecule has 0 aromatic rings. The van der Waals surface area contributed by atoms with Gasteiger partial charge < -0.3 is 9.47 Å². The summed E-state index contributed by atoms with van der Waals surface area (Å²) in [5.74, 6) is 1.05. The molecule has 27 heavy (non-hydrogen) atoms. The number of fused-ring (bicyclic) bond motifs is 2. The van der Waals surface area contributed by atoms with Gasteiger partial charge in [-0.1, -0.05) is 13.8 Å². The largest absolute Gasteiger partial charge is 0.331 e. The average molecular weight is 402 g/mol. The lowest BCUT2D eigenvalue weighted by Gasteiger charge is -2.61. The van der Waals surface area contributed by atoms with Crippen LogP contribution in [-0.2, 0) is 29.1 Å². The van der Waals surface area contributed by atoms with Crippen LogP contribution in [0.3, 0.4) is 0 Å². The first-order valence-electron chi connectivity index (χ1n) is 10.4. The van der Waals surface area contributed by atoms with E-state index in [0.29, 0.717) is 24.9 Å². The van der Waals surface area contributed by atoms with Crippen molar-refractivity contribution in [1.82, 2.24) is 4.90 Å². The molecule has 1 aliphatic carbocycles. The summed E-state index contributed by atoms with van der Waals surface area (Å²) >= 11 is 0. The summed E-state index contributed by atoms with van der Waals surface area (Å²) in [4.78, 5) is 14.2. The highest BCUT2D eigenvalue weighted by Gasteiger charge is 2.69. The molecule has 5 saturated heterocycles. The Morgan fingerprint density at radius 1 is 1.00 bits per heavy atom. The topological polar surface area (TPSA) is 74.3 Å². The molecule has 8 heteroatoms. The Morgan fingerprint density at radius 2 is 1.74 bits per heavy atom. The summed E-state index contributed by atoms with van der Waals surface area (Å²) in [6.07, 6.45) is 3.46. The third-order valence-electron chi connectivity index (χ3n) is 7.86. The van der Waals surface area contributed by atoms with Gasteiger partial charge in [-0.05, 0) is 38.0 Å². The van der Waals surface area contributed by atoms with Crippen LogP contribution < -0.4 is 0 Å². The molecule has 5 aliphatic heterocycles. The van der Waals surface area contributed by atoms with E-state index in [-0.39, 0.29) is 29.6 Å². The van der Waals surface area contributed by atoms with Crippen molar-refractivity contribution in [2.75, 3.05) is 24.6 Å². The predicted molar refractivity (Wildman–Crippen MR) is 97.1 cm³/mol. The average Bonchev–Trinajstić information content (AvgIpc) is 2.85. The molecule has 8 atom stereocenters. The summed E-state index contributed by atoms with van der Waals surface area (Å²) in [5, 5.41) is 0. The minimum Gasteiger partial charge on any atom is -0.331 e. The van der Waals surface area contributed by atoms with Crippen LogP contribution in [0.2, 0.25) is 0 Å². The van der Waals surface area contributed by atoms with Gasteiger partial charge in [0.25, 0.3) is 0 Å². The molecule has 5 heterocycles. The number of hydrogen-bond donors (Lipinski definition) is 0. The van der Waals surface area contributed by atoms with Crippen molar-refractivity contribution in [3.63, 3.8) is 0 Å². The summed E-state index contributed by atoms with van der Waals surface area (Å²) in [7, 11) is -2.92. The molecule has 1 saturated carbocycles. The molecule has 1 spiro atoms. The van der Waals surface area contributed by atoms with Crippen LogP contribution in [0.25, 0.3) is 0 Å². The van der Waals surface area contributed by atoms with Crippen LogP contribution in [0.1, 0.15) is 46.5 Å². The number of sulfone groups is 1. The fourth-order valence-electron chi connectivity index (χ4n) is 6.29. The SMILES string of the molecule is C[C@@H]1CCC2[C@@H](C)[C@H](N3CCS(=O)(=O)CC3)O[C@@H]3O[C@@]4(C)CCC1[C@@]23OO4. The van der Waals surface area contributed by atoms with Crippen molar-refractivity contribution in [1.29, 1.82) is 0 Å². The van der Waals surface area contributed by atoms with E-state index < -0.39 is 27.5 Å². The first-order valence-corrected chi connectivity index (χ1v) is 12.2. The smallest absolute Gasteiger partial charge is 0.201 e. The third kappa shape index (κ3) is 2.74. The Bertz CT molecular complexity index is 701. The van der Waals surface area contributed by atoms with Gasteiger partial charge in [-0.3, -0.25) is 4.90 Å². The predicted octanol–water partition coefficient (Wildman–Crippen LogP) is 1.92. The van der Waals surface area contributed by atoms with Crippen LogP contribution in [0.5, 0.6) is 0 Å². The Balaban J connectivity index is 1.48. The number of rotatable bonds is 1. The molecular weight excluding hydrogens is 370 g/mol. The molecule has 6 rings (SSSR count). The molecule has 7 nitrogen and oxygen atoms in total. The molecule has 0 amide bonds. The van der Waals surface area contributed by atoms with Crippen molar-refractivity contribution in [2.45, 2.75) is 70.4 Å². The van der Waals surface area contributed by atoms with Crippen LogP contribution in [0.15, 0.2) is 0 Å². The zero-order valence-electron chi connectivity index (χ0n) is 16.4. The van der Waals surface area contributed by atoms with Crippen molar-refractivity contribution in [3.8, 4) is 0 Å². The molecule has 6 fully saturated rings.